The first kappa shape index (κ1) is 14.9. The molecule has 0 aliphatic heterocycles. The summed E-state index contributed by atoms with van der Waals surface area (Å²) in [4.78, 5) is 4.08. The van der Waals surface area contributed by atoms with E-state index in [1.165, 1.54) is 0 Å². The van der Waals surface area contributed by atoms with Gasteiger partial charge in [0.2, 0.25) is 0 Å². The fraction of sp³-hybridized carbons (Fsp3) is 0.235. The van der Waals surface area contributed by atoms with Crippen LogP contribution in [0.25, 0.3) is 0 Å². The lowest BCUT2D eigenvalue weighted by Gasteiger charge is -2.09. The number of pyridine rings is 1. The average molecular weight is 282 g/mol. The van der Waals surface area contributed by atoms with Crippen molar-refractivity contribution in [1.82, 2.24) is 4.98 Å². The molecule has 1 aromatic carbocycles. The molecule has 1 aromatic heterocycles. The van der Waals surface area contributed by atoms with Crippen LogP contribution in [0.4, 0.5) is 0 Å². The van der Waals surface area contributed by atoms with Gasteiger partial charge in [-0.05, 0) is 29.8 Å². The van der Waals surface area contributed by atoms with Crippen molar-refractivity contribution in [3.63, 3.8) is 0 Å². The van der Waals surface area contributed by atoms with Gasteiger partial charge in [-0.3, -0.25) is 4.98 Å². The van der Waals surface area contributed by atoms with Gasteiger partial charge in [-0.2, -0.15) is 0 Å². The van der Waals surface area contributed by atoms with Crippen LogP contribution in [0.5, 0.6) is 11.5 Å². The number of nitrogens with zero attached hydrogens (tertiary/aromatic N) is 1. The van der Waals surface area contributed by atoms with Gasteiger partial charge in [0.15, 0.2) is 0 Å². The Kier molecular flexibility index (Phi) is 5.62. The van der Waals surface area contributed by atoms with E-state index in [-0.39, 0.29) is 0 Å². The standard InChI is InChI=1S/C17H18N2O2/c1-20-16-6-7-17(15(12-16)5-2-9-18)21-11-8-14-4-3-10-19-13-14/h3-4,6-7,10,12-13H,8-9,11,18H2,1H3. The molecule has 21 heavy (non-hydrogen) atoms. The van der Waals surface area contributed by atoms with Crippen LogP contribution in [0.15, 0.2) is 42.7 Å². The van der Waals surface area contributed by atoms with Crippen molar-refractivity contribution < 1.29 is 9.47 Å². The Balaban J connectivity index is 2.04. The van der Waals surface area contributed by atoms with Crippen LogP contribution in [0.1, 0.15) is 11.1 Å². The summed E-state index contributed by atoms with van der Waals surface area (Å²) in [7, 11) is 1.62. The maximum atomic E-state index is 5.81. The average Bonchev–Trinajstić information content (AvgIpc) is 2.54. The number of ether oxygens (including phenoxy) is 2. The van der Waals surface area contributed by atoms with Crippen molar-refractivity contribution in [2.75, 3.05) is 20.3 Å². The van der Waals surface area contributed by atoms with Gasteiger partial charge in [0.05, 0.1) is 25.8 Å². The Labute approximate surface area is 124 Å². The Bertz CT molecular complexity index is 630. The van der Waals surface area contributed by atoms with Crippen LogP contribution in [-0.2, 0) is 6.42 Å². The van der Waals surface area contributed by atoms with Crippen molar-refractivity contribution in [1.29, 1.82) is 0 Å². The molecule has 0 bridgehead atoms. The fourth-order valence-electron chi connectivity index (χ4n) is 1.83. The summed E-state index contributed by atoms with van der Waals surface area (Å²) in [6, 6.07) is 9.51. The zero-order valence-electron chi connectivity index (χ0n) is 12.0. The lowest BCUT2D eigenvalue weighted by molar-refractivity contribution is 0.320. The first-order valence-corrected chi connectivity index (χ1v) is 6.72. The second kappa shape index (κ2) is 7.93. The van der Waals surface area contributed by atoms with E-state index >= 15 is 0 Å². The molecule has 0 unspecified atom stereocenters. The van der Waals surface area contributed by atoms with Crippen LogP contribution < -0.4 is 15.2 Å². The number of rotatable bonds is 5. The predicted molar refractivity (Wildman–Crippen MR) is 82.4 cm³/mol. The molecule has 2 rings (SSSR count). The molecule has 108 valence electrons. The third-order valence-electron chi connectivity index (χ3n) is 2.88. The van der Waals surface area contributed by atoms with Crippen molar-refractivity contribution >= 4 is 0 Å². The van der Waals surface area contributed by atoms with Gasteiger partial charge >= 0.3 is 0 Å². The monoisotopic (exact) mass is 282 g/mol. The van der Waals surface area contributed by atoms with Crippen LogP contribution >= 0.6 is 0 Å². The van der Waals surface area contributed by atoms with Crippen LogP contribution in [0.2, 0.25) is 0 Å². The molecule has 0 saturated carbocycles. The lowest BCUT2D eigenvalue weighted by Crippen LogP contribution is -2.03. The highest BCUT2D eigenvalue weighted by Gasteiger charge is 2.04. The highest BCUT2D eigenvalue weighted by Crippen LogP contribution is 2.23. The van der Waals surface area contributed by atoms with E-state index in [0.29, 0.717) is 13.2 Å². The summed E-state index contributed by atoms with van der Waals surface area (Å²) in [6.45, 7) is 0.877. The Morgan fingerprint density at radius 2 is 2.19 bits per heavy atom. The lowest BCUT2D eigenvalue weighted by atomic mass is 10.2. The summed E-state index contributed by atoms with van der Waals surface area (Å²) in [6.07, 6.45) is 4.39. The molecule has 2 N–H and O–H groups in total. The summed E-state index contributed by atoms with van der Waals surface area (Å²) >= 11 is 0. The molecule has 2 aromatic rings. The molecular weight excluding hydrogens is 264 g/mol. The topological polar surface area (TPSA) is 57.4 Å². The second-order valence-electron chi connectivity index (χ2n) is 4.33. The van der Waals surface area contributed by atoms with E-state index in [1.54, 1.807) is 13.3 Å². The number of aromatic nitrogens is 1. The minimum absolute atomic E-state index is 0.312. The fourth-order valence-corrected chi connectivity index (χ4v) is 1.83. The zero-order chi connectivity index (χ0) is 14.9. The van der Waals surface area contributed by atoms with Crippen LogP contribution in [0.3, 0.4) is 0 Å². The normalized spacial score (nSPS) is 9.62. The first-order chi connectivity index (χ1) is 10.3. The molecule has 1 heterocycles. The van der Waals surface area contributed by atoms with E-state index in [2.05, 4.69) is 16.8 Å². The smallest absolute Gasteiger partial charge is 0.135 e. The number of hydrogen-bond acceptors (Lipinski definition) is 4. The SMILES string of the molecule is COc1ccc(OCCc2cccnc2)c(C#CCN)c1. The second-order valence-corrected chi connectivity index (χ2v) is 4.33. The predicted octanol–water partition coefficient (Wildman–Crippen LogP) is 2.02. The number of methoxy groups -OCH3 is 1. The molecule has 4 nitrogen and oxygen atoms in total. The van der Waals surface area contributed by atoms with Crippen LogP contribution in [-0.4, -0.2) is 25.2 Å². The van der Waals surface area contributed by atoms with E-state index in [1.807, 2.05) is 36.5 Å². The Morgan fingerprint density at radius 3 is 2.90 bits per heavy atom. The van der Waals surface area contributed by atoms with E-state index in [9.17, 15) is 0 Å². The van der Waals surface area contributed by atoms with Crippen LogP contribution in [0, 0.1) is 11.8 Å². The third kappa shape index (κ3) is 4.51. The zero-order valence-corrected chi connectivity index (χ0v) is 12.0. The van der Waals surface area contributed by atoms with Gasteiger partial charge in [0.1, 0.15) is 11.5 Å². The molecule has 0 atom stereocenters. The maximum absolute atomic E-state index is 5.81. The molecular formula is C17H18N2O2. The van der Waals surface area contributed by atoms with Gasteiger partial charge < -0.3 is 15.2 Å². The maximum Gasteiger partial charge on any atom is 0.135 e. The van der Waals surface area contributed by atoms with Crippen molar-refractivity contribution in [3.05, 3.63) is 53.9 Å². The molecule has 0 aliphatic carbocycles. The van der Waals surface area contributed by atoms with Crippen molar-refractivity contribution in [3.8, 4) is 23.3 Å². The van der Waals surface area contributed by atoms with Gasteiger partial charge in [-0.1, -0.05) is 17.9 Å². The number of hydrogen-bond donors (Lipinski definition) is 1. The highest BCUT2D eigenvalue weighted by molar-refractivity contribution is 5.50. The third-order valence-corrected chi connectivity index (χ3v) is 2.88. The van der Waals surface area contributed by atoms with Gasteiger partial charge in [0, 0.05) is 18.8 Å². The quantitative estimate of drug-likeness (QED) is 0.852. The summed E-state index contributed by atoms with van der Waals surface area (Å²) in [5, 5.41) is 0. The molecule has 0 fully saturated rings. The van der Waals surface area contributed by atoms with E-state index in [4.69, 9.17) is 15.2 Å². The Morgan fingerprint density at radius 1 is 1.29 bits per heavy atom. The molecule has 4 heteroatoms. The molecule has 0 aliphatic rings. The summed E-state index contributed by atoms with van der Waals surface area (Å²) in [5.74, 6) is 7.32. The van der Waals surface area contributed by atoms with Gasteiger partial charge in [-0.15, -0.1) is 0 Å². The van der Waals surface area contributed by atoms with Gasteiger partial charge in [0.25, 0.3) is 0 Å². The highest BCUT2D eigenvalue weighted by atomic mass is 16.5. The largest absolute Gasteiger partial charge is 0.497 e. The molecule has 0 amide bonds. The summed E-state index contributed by atoms with van der Waals surface area (Å²) < 4.78 is 11.0. The summed E-state index contributed by atoms with van der Waals surface area (Å²) in [5.41, 5.74) is 7.34. The Hall–Kier alpha value is -2.51. The number of benzene rings is 1. The van der Waals surface area contributed by atoms with Crippen molar-refractivity contribution in [2.45, 2.75) is 6.42 Å². The van der Waals surface area contributed by atoms with E-state index < -0.39 is 0 Å². The first-order valence-electron chi connectivity index (χ1n) is 6.72. The molecule has 0 radical (unpaired) electrons. The minimum atomic E-state index is 0.312. The number of nitrogens with two attached hydrogens (primary N) is 1. The molecule has 0 saturated heterocycles. The minimum Gasteiger partial charge on any atom is -0.497 e. The van der Waals surface area contributed by atoms with Gasteiger partial charge in [-0.25, -0.2) is 0 Å². The van der Waals surface area contributed by atoms with E-state index in [0.717, 1.165) is 29.0 Å². The molecule has 0 spiro atoms. The van der Waals surface area contributed by atoms with Crippen molar-refractivity contribution in [2.24, 2.45) is 5.73 Å².